The zero-order chi connectivity index (χ0) is 19.6. The van der Waals surface area contributed by atoms with E-state index in [2.05, 4.69) is 16.4 Å². The van der Waals surface area contributed by atoms with Crippen LogP contribution in [0.5, 0.6) is 17.4 Å². The van der Waals surface area contributed by atoms with E-state index in [1.165, 1.54) is 0 Å². The van der Waals surface area contributed by atoms with Crippen LogP contribution in [-0.2, 0) is 0 Å². The van der Waals surface area contributed by atoms with Crippen molar-refractivity contribution in [3.05, 3.63) is 64.7 Å². The Morgan fingerprint density at radius 3 is 2.44 bits per heavy atom. The van der Waals surface area contributed by atoms with Gasteiger partial charge in [0, 0.05) is 11.8 Å². The second-order valence-electron chi connectivity index (χ2n) is 6.30. The molecule has 0 fully saturated rings. The highest BCUT2D eigenvalue weighted by atomic mass is 16.5. The molecule has 0 aliphatic heterocycles. The van der Waals surface area contributed by atoms with Crippen molar-refractivity contribution in [1.29, 1.82) is 5.26 Å². The number of pyridine rings is 1. The number of nitriles is 1. The smallest absolute Gasteiger partial charge is 0.221 e. The van der Waals surface area contributed by atoms with Crippen molar-refractivity contribution in [1.82, 2.24) is 4.98 Å². The number of aromatic hydroxyl groups is 1. The number of rotatable bonds is 4. The Kier molecular flexibility index (Phi) is 4.86. The highest BCUT2D eigenvalue weighted by molar-refractivity contribution is 5.69. The molecule has 2 aromatic carbocycles. The van der Waals surface area contributed by atoms with Crippen molar-refractivity contribution in [2.45, 2.75) is 20.8 Å². The quantitative estimate of drug-likeness (QED) is 0.623. The molecule has 1 heterocycles. The van der Waals surface area contributed by atoms with Crippen LogP contribution in [-0.4, -0.2) is 10.1 Å². The molecule has 0 atom stereocenters. The van der Waals surface area contributed by atoms with Gasteiger partial charge in [0.05, 0.1) is 17.3 Å². The highest BCUT2D eigenvalue weighted by Crippen LogP contribution is 2.35. The van der Waals surface area contributed by atoms with E-state index in [1.54, 1.807) is 42.5 Å². The lowest BCUT2D eigenvalue weighted by atomic mass is 10.0. The first kappa shape index (κ1) is 18.1. The predicted molar refractivity (Wildman–Crippen MR) is 105 cm³/mol. The van der Waals surface area contributed by atoms with E-state index in [9.17, 15) is 5.11 Å². The molecule has 0 unspecified atom stereocenters. The Morgan fingerprint density at radius 2 is 1.78 bits per heavy atom. The summed E-state index contributed by atoms with van der Waals surface area (Å²) >= 11 is 0. The molecular weight excluding hydrogens is 340 g/mol. The number of nitrogens with two attached hydrogens (primary N) is 1. The second-order valence-corrected chi connectivity index (χ2v) is 6.30. The van der Waals surface area contributed by atoms with E-state index in [0.717, 1.165) is 22.4 Å². The van der Waals surface area contributed by atoms with Gasteiger partial charge in [-0.15, -0.1) is 0 Å². The van der Waals surface area contributed by atoms with Gasteiger partial charge in [-0.05, 0) is 73.9 Å². The molecule has 136 valence electrons. The Bertz CT molecular complexity index is 1040. The summed E-state index contributed by atoms with van der Waals surface area (Å²) in [6, 6.07) is 14.2. The minimum Gasteiger partial charge on any atom is -0.508 e. The van der Waals surface area contributed by atoms with E-state index in [4.69, 9.17) is 15.7 Å². The maximum absolute atomic E-state index is 9.94. The number of phenols is 1. The van der Waals surface area contributed by atoms with Crippen LogP contribution in [0.3, 0.4) is 0 Å². The number of nitrogen functional groups attached to an aromatic ring is 1. The molecule has 27 heavy (non-hydrogen) atoms. The third kappa shape index (κ3) is 3.77. The summed E-state index contributed by atoms with van der Waals surface area (Å²) in [4.78, 5) is 4.45. The molecule has 6 nitrogen and oxygen atoms in total. The number of nitrogens with one attached hydrogen (secondary N) is 1. The monoisotopic (exact) mass is 360 g/mol. The molecular formula is C21H20N4O2. The molecule has 0 amide bonds. The molecule has 0 aliphatic carbocycles. The van der Waals surface area contributed by atoms with Crippen LogP contribution in [0.1, 0.15) is 22.3 Å². The fourth-order valence-corrected chi connectivity index (χ4v) is 2.67. The predicted octanol–water partition coefficient (Wildman–Crippen LogP) is 4.70. The van der Waals surface area contributed by atoms with Crippen molar-refractivity contribution in [2.24, 2.45) is 0 Å². The molecule has 0 radical (unpaired) electrons. The number of aryl methyl sites for hydroxylation is 1. The Hall–Kier alpha value is -3.72. The van der Waals surface area contributed by atoms with Crippen molar-refractivity contribution in [3.8, 4) is 23.4 Å². The number of hydrogen-bond donors (Lipinski definition) is 3. The van der Waals surface area contributed by atoms with E-state index in [-0.39, 0.29) is 5.75 Å². The van der Waals surface area contributed by atoms with Crippen LogP contribution < -0.4 is 15.8 Å². The minimum atomic E-state index is 0.241. The summed E-state index contributed by atoms with van der Waals surface area (Å²) in [6.45, 7) is 5.60. The largest absolute Gasteiger partial charge is 0.508 e. The zero-order valence-corrected chi connectivity index (χ0v) is 15.4. The number of anilines is 3. The van der Waals surface area contributed by atoms with Gasteiger partial charge < -0.3 is 20.9 Å². The van der Waals surface area contributed by atoms with E-state index in [0.29, 0.717) is 28.7 Å². The van der Waals surface area contributed by atoms with Crippen molar-refractivity contribution < 1.29 is 9.84 Å². The standard InChI is InChI=1S/C21H20N4O2/c1-12-10-18(26)13(2)14(3)20(12)27-19-9-8-17(23)21(25-19)24-16-6-4-15(11-22)5-7-16/h4-10,26H,23H2,1-3H3,(H,24,25). The second kappa shape index (κ2) is 7.26. The molecule has 0 saturated carbocycles. The molecule has 4 N–H and O–H groups in total. The summed E-state index contributed by atoms with van der Waals surface area (Å²) in [5, 5.41) is 22.0. The van der Waals surface area contributed by atoms with Crippen LogP contribution in [0.15, 0.2) is 42.5 Å². The van der Waals surface area contributed by atoms with E-state index >= 15 is 0 Å². The van der Waals surface area contributed by atoms with Gasteiger partial charge in [0.2, 0.25) is 5.88 Å². The van der Waals surface area contributed by atoms with E-state index < -0.39 is 0 Å². The Labute approximate surface area is 157 Å². The van der Waals surface area contributed by atoms with E-state index in [1.807, 2.05) is 20.8 Å². The first-order valence-electron chi connectivity index (χ1n) is 8.40. The molecule has 3 aromatic rings. The summed E-state index contributed by atoms with van der Waals surface area (Å²) in [5.74, 6) is 1.75. The molecule has 0 aliphatic rings. The Balaban J connectivity index is 1.90. The van der Waals surface area contributed by atoms with Gasteiger partial charge in [-0.1, -0.05) is 0 Å². The van der Waals surface area contributed by atoms with Crippen LogP contribution >= 0.6 is 0 Å². The van der Waals surface area contributed by atoms with Crippen LogP contribution in [0.25, 0.3) is 0 Å². The average molecular weight is 360 g/mol. The number of hydrogen-bond acceptors (Lipinski definition) is 6. The molecule has 6 heteroatoms. The minimum absolute atomic E-state index is 0.241. The highest BCUT2D eigenvalue weighted by Gasteiger charge is 2.13. The topological polar surface area (TPSA) is 104 Å². The number of nitrogens with zero attached hydrogens (tertiary/aromatic N) is 2. The SMILES string of the molecule is Cc1cc(O)c(C)c(C)c1Oc1ccc(N)c(Nc2ccc(C#N)cc2)n1. The third-order valence-electron chi connectivity index (χ3n) is 4.38. The zero-order valence-electron chi connectivity index (χ0n) is 15.4. The normalized spacial score (nSPS) is 10.3. The lowest BCUT2D eigenvalue weighted by Gasteiger charge is -2.15. The molecule has 0 saturated heterocycles. The summed E-state index contributed by atoms with van der Waals surface area (Å²) < 4.78 is 5.98. The lowest BCUT2D eigenvalue weighted by Crippen LogP contribution is -2.01. The van der Waals surface area contributed by atoms with Gasteiger partial charge in [-0.25, -0.2) is 0 Å². The van der Waals surface area contributed by atoms with Gasteiger partial charge >= 0.3 is 0 Å². The first-order chi connectivity index (χ1) is 12.9. The molecule has 1 aromatic heterocycles. The van der Waals surface area contributed by atoms with Gasteiger partial charge in [-0.2, -0.15) is 10.2 Å². The number of ether oxygens (including phenoxy) is 1. The summed E-state index contributed by atoms with van der Waals surface area (Å²) in [7, 11) is 0. The molecule has 0 spiro atoms. The maximum atomic E-state index is 9.94. The lowest BCUT2D eigenvalue weighted by molar-refractivity contribution is 0.445. The van der Waals surface area contributed by atoms with Crippen molar-refractivity contribution in [2.75, 3.05) is 11.1 Å². The maximum Gasteiger partial charge on any atom is 0.221 e. The van der Waals surface area contributed by atoms with Crippen molar-refractivity contribution >= 4 is 17.2 Å². The van der Waals surface area contributed by atoms with Gasteiger partial charge in [0.25, 0.3) is 0 Å². The van der Waals surface area contributed by atoms with Gasteiger partial charge in [0.1, 0.15) is 11.5 Å². The van der Waals surface area contributed by atoms with Crippen LogP contribution in [0, 0.1) is 32.1 Å². The Morgan fingerprint density at radius 1 is 1.07 bits per heavy atom. The summed E-state index contributed by atoms with van der Waals surface area (Å²) in [6.07, 6.45) is 0. The van der Waals surface area contributed by atoms with Crippen LogP contribution in [0.4, 0.5) is 17.2 Å². The number of benzene rings is 2. The van der Waals surface area contributed by atoms with Crippen LogP contribution in [0.2, 0.25) is 0 Å². The fraction of sp³-hybridized carbons (Fsp3) is 0.143. The molecule has 3 rings (SSSR count). The number of aromatic nitrogens is 1. The third-order valence-corrected chi connectivity index (χ3v) is 4.38. The number of phenolic OH excluding ortho intramolecular Hbond substituents is 1. The fourth-order valence-electron chi connectivity index (χ4n) is 2.67. The summed E-state index contributed by atoms with van der Waals surface area (Å²) in [5.41, 5.74) is 10.3. The van der Waals surface area contributed by atoms with Gasteiger partial charge in [0.15, 0.2) is 5.82 Å². The van der Waals surface area contributed by atoms with Gasteiger partial charge in [-0.3, -0.25) is 0 Å². The average Bonchev–Trinajstić information content (AvgIpc) is 2.66. The first-order valence-corrected chi connectivity index (χ1v) is 8.40. The molecule has 0 bridgehead atoms. The van der Waals surface area contributed by atoms with Crippen molar-refractivity contribution in [3.63, 3.8) is 0 Å².